The number of hydrogen-bond acceptors (Lipinski definition) is 3. The molecular weight excluding hydrogens is 387 g/mol. The maximum absolute atomic E-state index is 14.8. The lowest BCUT2D eigenvalue weighted by molar-refractivity contribution is 0.0893. The van der Waals surface area contributed by atoms with Gasteiger partial charge in [0.1, 0.15) is 12.5 Å². The predicted molar refractivity (Wildman–Crippen MR) is 115 cm³/mol. The standard InChI is InChI=1S/C21H27FN4O2Si/c1-14-5-6-16(18(22)9-14)20-17(21(23)27)10-19(15-11-24-25-12-15)26(20)13-28-7-8-29(2,3)4/h5-6,9-12H,7-8,13H2,1-4H3,(H2,23,27)(H,24,25). The lowest BCUT2D eigenvalue weighted by Crippen LogP contribution is -2.22. The number of nitrogens with two attached hydrogens (primary N) is 1. The monoisotopic (exact) mass is 414 g/mol. The Labute approximate surface area is 170 Å². The van der Waals surface area contributed by atoms with E-state index in [0.717, 1.165) is 17.2 Å². The van der Waals surface area contributed by atoms with Crippen LogP contribution in [0.2, 0.25) is 25.7 Å². The van der Waals surface area contributed by atoms with Gasteiger partial charge in [-0.15, -0.1) is 0 Å². The van der Waals surface area contributed by atoms with Gasteiger partial charge in [-0.3, -0.25) is 9.89 Å². The fraction of sp³-hybridized carbons (Fsp3) is 0.333. The molecular formula is C21H27FN4O2Si. The normalized spacial score (nSPS) is 11.8. The lowest BCUT2D eigenvalue weighted by Gasteiger charge is -2.18. The summed E-state index contributed by atoms with van der Waals surface area (Å²) >= 11 is 0. The molecule has 0 aliphatic heterocycles. The summed E-state index contributed by atoms with van der Waals surface area (Å²) in [6.07, 6.45) is 3.36. The minimum Gasteiger partial charge on any atom is -0.366 e. The summed E-state index contributed by atoms with van der Waals surface area (Å²) < 4.78 is 22.6. The van der Waals surface area contributed by atoms with Gasteiger partial charge in [-0.25, -0.2) is 4.39 Å². The quantitative estimate of drug-likeness (QED) is 0.423. The number of amides is 1. The first-order valence-electron chi connectivity index (χ1n) is 9.54. The molecule has 0 unspecified atom stereocenters. The number of H-pyrrole nitrogens is 1. The van der Waals surface area contributed by atoms with Gasteiger partial charge in [0.25, 0.3) is 5.91 Å². The Morgan fingerprint density at radius 3 is 2.66 bits per heavy atom. The number of rotatable bonds is 8. The number of aromatic amines is 1. The van der Waals surface area contributed by atoms with Gasteiger partial charge < -0.3 is 15.0 Å². The van der Waals surface area contributed by atoms with E-state index in [2.05, 4.69) is 29.8 Å². The number of primary amides is 1. The Bertz CT molecular complexity index is 1010. The van der Waals surface area contributed by atoms with E-state index < -0.39 is 19.8 Å². The summed E-state index contributed by atoms with van der Waals surface area (Å²) in [7, 11) is -1.25. The molecule has 0 spiro atoms. The van der Waals surface area contributed by atoms with Gasteiger partial charge in [0.15, 0.2) is 0 Å². The zero-order valence-electron chi connectivity index (χ0n) is 17.3. The van der Waals surface area contributed by atoms with Crippen molar-refractivity contribution in [3.05, 3.63) is 53.6 Å². The first-order chi connectivity index (χ1) is 13.7. The molecule has 1 amide bonds. The van der Waals surface area contributed by atoms with E-state index in [4.69, 9.17) is 10.5 Å². The summed E-state index contributed by atoms with van der Waals surface area (Å²) in [6.45, 7) is 9.43. The largest absolute Gasteiger partial charge is 0.366 e. The van der Waals surface area contributed by atoms with Crippen molar-refractivity contribution in [3.8, 4) is 22.5 Å². The number of hydrogen-bond donors (Lipinski definition) is 2. The fourth-order valence-electron chi connectivity index (χ4n) is 3.14. The Morgan fingerprint density at radius 1 is 1.31 bits per heavy atom. The molecule has 0 aliphatic carbocycles. The molecule has 0 fully saturated rings. The molecule has 0 radical (unpaired) electrons. The van der Waals surface area contributed by atoms with E-state index in [1.54, 1.807) is 29.1 Å². The van der Waals surface area contributed by atoms with Crippen molar-refractivity contribution in [2.24, 2.45) is 5.73 Å². The summed E-state index contributed by atoms with van der Waals surface area (Å²) in [5, 5.41) is 6.76. The van der Waals surface area contributed by atoms with Crippen LogP contribution in [0.5, 0.6) is 0 Å². The number of carbonyl (C=O) groups excluding carboxylic acids is 1. The molecule has 0 saturated heterocycles. The number of carbonyl (C=O) groups is 1. The zero-order chi connectivity index (χ0) is 21.2. The average Bonchev–Trinajstić information content (AvgIpc) is 3.25. The van der Waals surface area contributed by atoms with Gasteiger partial charge >= 0.3 is 0 Å². The van der Waals surface area contributed by atoms with Gasteiger partial charge in [0.2, 0.25) is 0 Å². The van der Waals surface area contributed by atoms with Gasteiger partial charge in [0.05, 0.1) is 23.1 Å². The van der Waals surface area contributed by atoms with Crippen molar-refractivity contribution < 1.29 is 13.9 Å². The van der Waals surface area contributed by atoms with Crippen LogP contribution in [0, 0.1) is 12.7 Å². The third-order valence-electron chi connectivity index (χ3n) is 4.75. The van der Waals surface area contributed by atoms with E-state index in [9.17, 15) is 9.18 Å². The van der Waals surface area contributed by atoms with E-state index in [1.165, 1.54) is 6.07 Å². The highest BCUT2D eigenvalue weighted by Gasteiger charge is 2.24. The molecule has 1 aromatic carbocycles. The highest BCUT2D eigenvalue weighted by molar-refractivity contribution is 6.76. The van der Waals surface area contributed by atoms with Crippen molar-refractivity contribution in [3.63, 3.8) is 0 Å². The molecule has 3 rings (SSSR count). The highest BCUT2D eigenvalue weighted by atomic mass is 28.3. The number of aromatic nitrogens is 3. The topological polar surface area (TPSA) is 85.9 Å². The van der Waals surface area contributed by atoms with E-state index in [0.29, 0.717) is 23.6 Å². The average molecular weight is 415 g/mol. The van der Waals surface area contributed by atoms with E-state index >= 15 is 0 Å². The summed E-state index contributed by atoms with van der Waals surface area (Å²) in [5.74, 6) is -1.03. The first kappa shape index (κ1) is 21.0. The van der Waals surface area contributed by atoms with Gasteiger partial charge in [-0.2, -0.15) is 5.10 Å². The van der Waals surface area contributed by atoms with Crippen molar-refractivity contribution in [1.29, 1.82) is 0 Å². The molecule has 0 bridgehead atoms. The number of nitrogens with one attached hydrogen (secondary N) is 1. The van der Waals surface area contributed by atoms with Crippen LogP contribution in [-0.4, -0.2) is 35.4 Å². The van der Waals surface area contributed by atoms with Crippen molar-refractivity contribution in [1.82, 2.24) is 14.8 Å². The Morgan fingerprint density at radius 2 is 2.07 bits per heavy atom. The van der Waals surface area contributed by atoms with Crippen LogP contribution in [-0.2, 0) is 11.5 Å². The van der Waals surface area contributed by atoms with Crippen LogP contribution < -0.4 is 5.73 Å². The Balaban J connectivity index is 2.10. The van der Waals surface area contributed by atoms with Gasteiger partial charge in [-0.05, 0) is 36.7 Å². The zero-order valence-corrected chi connectivity index (χ0v) is 18.3. The molecule has 0 aliphatic rings. The third-order valence-corrected chi connectivity index (χ3v) is 6.46. The van der Waals surface area contributed by atoms with E-state index in [-0.39, 0.29) is 12.3 Å². The molecule has 0 atom stereocenters. The smallest absolute Gasteiger partial charge is 0.250 e. The molecule has 6 nitrogen and oxygen atoms in total. The number of benzene rings is 1. The SMILES string of the molecule is Cc1ccc(-c2c(C(N)=O)cc(-c3cn[nH]c3)n2COCC[Si](C)(C)C)c(F)c1. The molecule has 3 aromatic rings. The van der Waals surface area contributed by atoms with Crippen LogP contribution in [0.25, 0.3) is 22.5 Å². The van der Waals surface area contributed by atoms with Crippen LogP contribution in [0.15, 0.2) is 36.7 Å². The van der Waals surface area contributed by atoms with Crippen molar-refractivity contribution in [2.45, 2.75) is 39.3 Å². The fourth-order valence-corrected chi connectivity index (χ4v) is 3.89. The predicted octanol–water partition coefficient (Wildman–Crippen LogP) is 4.40. The minimum absolute atomic E-state index is 0.181. The molecule has 0 saturated carbocycles. The van der Waals surface area contributed by atoms with Crippen LogP contribution in [0.1, 0.15) is 15.9 Å². The summed E-state index contributed by atoms with van der Waals surface area (Å²) in [5.41, 5.74) is 8.87. The first-order valence-corrected chi connectivity index (χ1v) is 13.2. The molecule has 154 valence electrons. The summed E-state index contributed by atoms with van der Waals surface area (Å²) in [6, 6.07) is 7.60. The van der Waals surface area contributed by atoms with Crippen molar-refractivity contribution in [2.75, 3.05) is 6.61 Å². The van der Waals surface area contributed by atoms with Gasteiger partial charge in [0, 0.05) is 32.0 Å². The number of ether oxygens (including phenoxy) is 1. The van der Waals surface area contributed by atoms with Crippen LogP contribution in [0.3, 0.4) is 0 Å². The molecule has 2 aromatic heterocycles. The Kier molecular flexibility index (Phi) is 6.04. The Hall–Kier alpha value is -2.71. The molecule has 2 heterocycles. The lowest BCUT2D eigenvalue weighted by atomic mass is 10.0. The maximum Gasteiger partial charge on any atom is 0.250 e. The number of aryl methyl sites for hydroxylation is 1. The second kappa shape index (κ2) is 8.34. The number of nitrogens with zero attached hydrogens (tertiary/aromatic N) is 2. The van der Waals surface area contributed by atoms with Crippen molar-refractivity contribution >= 4 is 14.0 Å². The summed E-state index contributed by atoms with van der Waals surface area (Å²) in [4.78, 5) is 12.2. The third kappa shape index (κ3) is 4.83. The molecule has 8 heteroatoms. The molecule has 3 N–H and O–H groups in total. The van der Waals surface area contributed by atoms with Gasteiger partial charge in [-0.1, -0.05) is 25.7 Å². The second-order valence-electron chi connectivity index (χ2n) is 8.40. The van der Waals surface area contributed by atoms with Crippen LogP contribution >= 0.6 is 0 Å². The maximum atomic E-state index is 14.8. The number of halogens is 1. The van der Waals surface area contributed by atoms with E-state index in [1.807, 2.05) is 13.0 Å². The highest BCUT2D eigenvalue weighted by Crippen LogP contribution is 2.34. The minimum atomic E-state index is -1.25. The van der Waals surface area contributed by atoms with Crippen LogP contribution in [0.4, 0.5) is 4.39 Å². The molecule has 29 heavy (non-hydrogen) atoms. The second-order valence-corrected chi connectivity index (χ2v) is 14.0.